The fourth-order valence-electron chi connectivity index (χ4n) is 2.53. The van der Waals surface area contributed by atoms with Crippen LogP contribution < -0.4 is 5.32 Å². The molecule has 3 rings (SSSR count). The molecule has 3 aromatic rings. The van der Waals surface area contributed by atoms with Crippen molar-refractivity contribution in [2.45, 2.75) is 26.9 Å². The number of rotatable bonds is 6. The van der Waals surface area contributed by atoms with Crippen LogP contribution in [0.25, 0.3) is 0 Å². The molecule has 0 aliphatic heterocycles. The molecule has 0 fully saturated rings. The van der Waals surface area contributed by atoms with Crippen LogP contribution in [0.4, 0.5) is 11.6 Å². The van der Waals surface area contributed by atoms with Gasteiger partial charge in [0.25, 0.3) is 5.91 Å². The van der Waals surface area contributed by atoms with Gasteiger partial charge in [-0.1, -0.05) is 24.3 Å². The van der Waals surface area contributed by atoms with Crippen LogP contribution in [0.15, 0.2) is 36.8 Å². The zero-order valence-corrected chi connectivity index (χ0v) is 14.3. The number of aromatic nitrogens is 5. The summed E-state index contributed by atoms with van der Waals surface area (Å²) in [5.41, 5.74) is 1.71. The van der Waals surface area contributed by atoms with Crippen molar-refractivity contribution in [3.05, 3.63) is 63.7 Å². The Hall–Kier alpha value is -3.56. The van der Waals surface area contributed by atoms with Crippen LogP contribution in [0.1, 0.15) is 28.5 Å². The van der Waals surface area contributed by atoms with Crippen LogP contribution in [0, 0.1) is 17.0 Å². The smallest absolute Gasteiger partial charge is 0.288 e. The first kappa shape index (κ1) is 17.3. The summed E-state index contributed by atoms with van der Waals surface area (Å²) in [6.07, 6.45) is 2.55. The van der Waals surface area contributed by atoms with Gasteiger partial charge in [-0.25, -0.2) is 9.67 Å². The lowest BCUT2D eigenvalue weighted by molar-refractivity contribution is -0.385. The van der Waals surface area contributed by atoms with Gasteiger partial charge < -0.3 is 0 Å². The van der Waals surface area contributed by atoms with Gasteiger partial charge >= 0.3 is 5.69 Å². The van der Waals surface area contributed by atoms with E-state index in [9.17, 15) is 14.9 Å². The highest BCUT2D eigenvalue weighted by Gasteiger charge is 2.27. The highest BCUT2D eigenvalue weighted by atomic mass is 16.6. The van der Waals surface area contributed by atoms with Crippen molar-refractivity contribution in [3.8, 4) is 0 Å². The first-order valence-corrected chi connectivity index (χ1v) is 7.95. The summed E-state index contributed by atoms with van der Waals surface area (Å²) < 4.78 is 2.85. The predicted molar refractivity (Wildman–Crippen MR) is 92.8 cm³/mol. The van der Waals surface area contributed by atoms with E-state index in [0.29, 0.717) is 13.1 Å². The van der Waals surface area contributed by atoms with Crippen LogP contribution in [0.2, 0.25) is 0 Å². The molecular weight excluding hydrogens is 338 g/mol. The molecule has 0 radical (unpaired) electrons. The number of hydrogen-bond acceptors (Lipinski definition) is 6. The second-order valence-corrected chi connectivity index (χ2v) is 5.60. The Labute approximate surface area is 148 Å². The molecule has 0 aliphatic rings. The van der Waals surface area contributed by atoms with Crippen molar-refractivity contribution in [3.63, 3.8) is 0 Å². The van der Waals surface area contributed by atoms with E-state index in [1.54, 1.807) is 11.6 Å². The number of benzene rings is 1. The normalized spacial score (nSPS) is 10.7. The fraction of sp³-hybridized carbons (Fsp3) is 0.250. The predicted octanol–water partition coefficient (Wildman–Crippen LogP) is 2.01. The molecule has 26 heavy (non-hydrogen) atoms. The van der Waals surface area contributed by atoms with E-state index in [4.69, 9.17) is 0 Å². The van der Waals surface area contributed by atoms with Crippen molar-refractivity contribution in [1.29, 1.82) is 0 Å². The Morgan fingerprint density at radius 2 is 2.12 bits per heavy atom. The molecule has 134 valence electrons. The van der Waals surface area contributed by atoms with Gasteiger partial charge in [0.2, 0.25) is 11.6 Å². The van der Waals surface area contributed by atoms with E-state index < -0.39 is 10.8 Å². The molecule has 10 nitrogen and oxygen atoms in total. The summed E-state index contributed by atoms with van der Waals surface area (Å²) in [5.74, 6) is -0.605. The average Bonchev–Trinajstić information content (AvgIpc) is 3.23. The second-order valence-electron chi connectivity index (χ2n) is 5.60. The van der Waals surface area contributed by atoms with E-state index in [-0.39, 0.29) is 17.3 Å². The van der Waals surface area contributed by atoms with Crippen LogP contribution in [-0.4, -0.2) is 35.4 Å². The maximum absolute atomic E-state index is 12.4. The van der Waals surface area contributed by atoms with E-state index in [1.165, 1.54) is 11.0 Å². The average molecular weight is 355 g/mol. The number of hydrogen-bond donors (Lipinski definition) is 1. The summed E-state index contributed by atoms with van der Waals surface area (Å²) in [7, 11) is 0. The molecule has 0 spiro atoms. The van der Waals surface area contributed by atoms with Crippen molar-refractivity contribution < 1.29 is 9.72 Å². The third-order valence-corrected chi connectivity index (χ3v) is 3.89. The molecule has 0 saturated heterocycles. The minimum Gasteiger partial charge on any atom is -0.288 e. The number of carbonyl (C=O) groups excluding carboxylic acids is 1. The summed E-state index contributed by atoms with van der Waals surface area (Å²) in [5, 5.41) is 21.6. The molecule has 2 aromatic heterocycles. The lowest BCUT2D eigenvalue weighted by Gasteiger charge is -2.05. The Balaban J connectivity index is 1.77. The van der Waals surface area contributed by atoms with Gasteiger partial charge in [-0.2, -0.15) is 5.10 Å². The van der Waals surface area contributed by atoms with Gasteiger partial charge in [-0.05, 0) is 25.0 Å². The Bertz CT molecular complexity index is 960. The molecule has 0 unspecified atom stereocenters. The fourth-order valence-corrected chi connectivity index (χ4v) is 2.53. The third kappa shape index (κ3) is 3.43. The number of nitrogens with one attached hydrogen (secondary N) is 1. The Morgan fingerprint density at radius 1 is 1.35 bits per heavy atom. The molecule has 1 N–H and O–H groups in total. The molecule has 10 heteroatoms. The van der Waals surface area contributed by atoms with Gasteiger partial charge in [-0.15, -0.1) is 5.10 Å². The highest BCUT2D eigenvalue weighted by Crippen LogP contribution is 2.19. The maximum Gasteiger partial charge on any atom is 0.320 e. The first-order chi connectivity index (χ1) is 12.5. The SMILES string of the molecule is CCn1ncc([N+](=O)[O-])c1C(=O)Nc1ncn(Cc2ccccc2C)n1. The van der Waals surface area contributed by atoms with Gasteiger partial charge in [-0.3, -0.25) is 24.9 Å². The molecule has 0 atom stereocenters. The van der Waals surface area contributed by atoms with Crippen molar-refractivity contribution >= 4 is 17.5 Å². The van der Waals surface area contributed by atoms with Gasteiger partial charge in [0.15, 0.2) is 0 Å². The molecule has 1 aromatic carbocycles. The van der Waals surface area contributed by atoms with Crippen LogP contribution in [0.3, 0.4) is 0 Å². The monoisotopic (exact) mass is 355 g/mol. The van der Waals surface area contributed by atoms with Crippen LogP contribution in [0.5, 0.6) is 0 Å². The van der Waals surface area contributed by atoms with E-state index in [2.05, 4.69) is 20.5 Å². The maximum atomic E-state index is 12.4. The summed E-state index contributed by atoms with van der Waals surface area (Å²) >= 11 is 0. The Morgan fingerprint density at radius 3 is 2.81 bits per heavy atom. The number of anilines is 1. The highest BCUT2D eigenvalue weighted by molar-refractivity contribution is 6.04. The molecule has 1 amide bonds. The van der Waals surface area contributed by atoms with Gasteiger partial charge in [0.05, 0.1) is 11.5 Å². The summed E-state index contributed by atoms with van der Waals surface area (Å²) in [6, 6.07) is 7.88. The number of carbonyl (C=O) groups is 1. The zero-order valence-electron chi connectivity index (χ0n) is 14.3. The quantitative estimate of drug-likeness (QED) is 0.533. The van der Waals surface area contributed by atoms with Crippen molar-refractivity contribution in [2.24, 2.45) is 0 Å². The zero-order chi connectivity index (χ0) is 18.7. The van der Waals surface area contributed by atoms with E-state index in [1.807, 2.05) is 31.2 Å². The molecule has 0 aliphatic carbocycles. The van der Waals surface area contributed by atoms with Gasteiger partial charge in [0.1, 0.15) is 12.5 Å². The second kappa shape index (κ2) is 7.13. The van der Waals surface area contributed by atoms with Crippen molar-refractivity contribution in [1.82, 2.24) is 24.5 Å². The van der Waals surface area contributed by atoms with Crippen LogP contribution >= 0.6 is 0 Å². The standard InChI is InChI=1S/C16H17N7O3/c1-3-22-14(13(8-18-22)23(25)26)15(24)19-16-17-10-21(20-16)9-12-7-5-4-6-11(12)2/h4-8,10H,3,9H2,1-2H3,(H,19,20,24). The molecule has 0 bridgehead atoms. The van der Waals surface area contributed by atoms with Crippen molar-refractivity contribution in [2.75, 3.05) is 5.32 Å². The lowest BCUT2D eigenvalue weighted by Crippen LogP contribution is -2.19. The van der Waals surface area contributed by atoms with Gasteiger partial charge in [0, 0.05) is 6.54 Å². The summed E-state index contributed by atoms with van der Waals surface area (Å²) in [6.45, 7) is 4.57. The van der Waals surface area contributed by atoms with E-state index >= 15 is 0 Å². The topological polar surface area (TPSA) is 121 Å². The minimum atomic E-state index is -0.676. The van der Waals surface area contributed by atoms with E-state index in [0.717, 1.165) is 17.3 Å². The molecular formula is C16H17N7O3. The number of aryl methyl sites for hydroxylation is 2. The summed E-state index contributed by atoms with van der Waals surface area (Å²) in [4.78, 5) is 26.9. The molecule has 2 heterocycles. The Kier molecular flexibility index (Phi) is 4.74. The number of nitrogens with zero attached hydrogens (tertiary/aromatic N) is 6. The first-order valence-electron chi connectivity index (χ1n) is 7.95. The number of amides is 1. The third-order valence-electron chi connectivity index (χ3n) is 3.89. The lowest BCUT2D eigenvalue weighted by atomic mass is 10.1. The number of nitro groups is 1. The van der Waals surface area contributed by atoms with Crippen LogP contribution in [-0.2, 0) is 13.1 Å². The molecule has 0 saturated carbocycles. The minimum absolute atomic E-state index is 0.0711. The largest absolute Gasteiger partial charge is 0.320 e.